The molecule has 0 atom stereocenters. The van der Waals surface area contributed by atoms with Gasteiger partial charge in [0, 0.05) is 24.0 Å². The number of carbonyl (C=O) groups excluding carboxylic acids is 1. The average Bonchev–Trinajstić information content (AvgIpc) is 2.95. The minimum atomic E-state index is -0.287. The summed E-state index contributed by atoms with van der Waals surface area (Å²) in [4.78, 5) is 27.8. The lowest BCUT2D eigenvalue weighted by atomic mass is 10.1. The highest BCUT2D eigenvalue weighted by atomic mass is 32.2. The van der Waals surface area contributed by atoms with Crippen molar-refractivity contribution in [2.75, 3.05) is 11.6 Å². The quantitative estimate of drug-likeness (QED) is 0.499. The zero-order valence-electron chi connectivity index (χ0n) is 13.6. The van der Waals surface area contributed by atoms with Crippen LogP contribution in [0.25, 0.3) is 22.2 Å². The van der Waals surface area contributed by atoms with Crippen LogP contribution in [0.5, 0.6) is 0 Å². The van der Waals surface area contributed by atoms with Gasteiger partial charge in [0.2, 0.25) is 5.95 Å². The molecule has 3 rings (SSSR count). The van der Waals surface area contributed by atoms with Gasteiger partial charge in [-0.25, -0.2) is 19.7 Å². The molecule has 2 aromatic heterocycles. The number of aromatic amines is 1. The van der Waals surface area contributed by atoms with E-state index < -0.39 is 0 Å². The third-order valence-electron chi connectivity index (χ3n) is 3.28. The molecule has 3 aromatic rings. The largest absolute Gasteiger partial charge is 0.336 e. The molecule has 0 bridgehead atoms. The molecule has 0 fully saturated rings. The van der Waals surface area contributed by atoms with E-state index in [2.05, 4.69) is 30.6 Å². The monoisotopic (exact) mass is 342 g/mol. The van der Waals surface area contributed by atoms with Crippen LogP contribution in [0, 0.1) is 0 Å². The second-order valence-corrected chi connectivity index (χ2v) is 6.30. The summed E-state index contributed by atoms with van der Waals surface area (Å²) in [5.74, 6) is 0.411. The Labute approximate surface area is 143 Å². The molecule has 0 saturated heterocycles. The van der Waals surface area contributed by atoms with E-state index in [0.29, 0.717) is 5.95 Å². The van der Waals surface area contributed by atoms with Crippen molar-refractivity contribution in [1.29, 1.82) is 0 Å². The van der Waals surface area contributed by atoms with Gasteiger partial charge in [-0.1, -0.05) is 17.8 Å². The van der Waals surface area contributed by atoms with Gasteiger partial charge in [0.15, 0.2) is 5.16 Å². The van der Waals surface area contributed by atoms with Gasteiger partial charge in [-0.2, -0.15) is 0 Å². The fourth-order valence-corrected chi connectivity index (χ4v) is 2.54. The van der Waals surface area contributed by atoms with Crippen molar-refractivity contribution in [3.8, 4) is 11.1 Å². The van der Waals surface area contributed by atoms with Crippen LogP contribution in [0.2, 0.25) is 0 Å². The van der Waals surface area contributed by atoms with Crippen LogP contribution >= 0.6 is 11.8 Å². The number of hydrogen-bond acceptors (Lipinski definition) is 5. The first-order valence-electron chi connectivity index (χ1n) is 7.49. The molecular formula is C16H18N6OS. The maximum atomic E-state index is 11.7. The van der Waals surface area contributed by atoms with Crippen LogP contribution < -0.4 is 10.6 Å². The van der Waals surface area contributed by atoms with Gasteiger partial charge >= 0.3 is 6.03 Å². The molecule has 0 aliphatic rings. The van der Waals surface area contributed by atoms with E-state index in [1.54, 1.807) is 12.4 Å². The molecule has 0 radical (unpaired) electrons. The van der Waals surface area contributed by atoms with Gasteiger partial charge in [0.1, 0.15) is 0 Å². The first kappa shape index (κ1) is 16.3. The summed E-state index contributed by atoms with van der Waals surface area (Å²) in [6.45, 7) is 3.80. The molecule has 0 unspecified atom stereocenters. The predicted octanol–water partition coefficient (Wildman–Crippen LogP) is 3.27. The number of urea groups is 1. The Bertz CT molecular complexity index is 859. The molecule has 7 nitrogen and oxygen atoms in total. The molecular weight excluding hydrogens is 324 g/mol. The van der Waals surface area contributed by atoms with Gasteiger partial charge in [-0.3, -0.25) is 5.32 Å². The Hall–Kier alpha value is -2.61. The molecule has 124 valence electrons. The van der Waals surface area contributed by atoms with E-state index in [9.17, 15) is 4.79 Å². The number of amides is 2. The number of aromatic nitrogens is 4. The highest BCUT2D eigenvalue weighted by Gasteiger charge is 2.09. The number of hydrogen-bond donors (Lipinski definition) is 3. The third kappa shape index (κ3) is 3.65. The van der Waals surface area contributed by atoms with Crippen molar-refractivity contribution in [2.24, 2.45) is 0 Å². The van der Waals surface area contributed by atoms with Crippen molar-refractivity contribution in [1.82, 2.24) is 25.3 Å². The van der Waals surface area contributed by atoms with Crippen molar-refractivity contribution in [3.63, 3.8) is 0 Å². The number of benzene rings is 1. The van der Waals surface area contributed by atoms with E-state index in [1.165, 1.54) is 11.8 Å². The Morgan fingerprint density at radius 3 is 2.62 bits per heavy atom. The van der Waals surface area contributed by atoms with Crippen LogP contribution in [0.15, 0.2) is 35.7 Å². The minimum Gasteiger partial charge on any atom is -0.336 e. The first-order chi connectivity index (χ1) is 11.5. The number of anilines is 1. The second-order valence-electron chi connectivity index (χ2n) is 5.53. The van der Waals surface area contributed by atoms with Gasteiger partial charge in [-0.15, -0.1) is 0 Å². The average molecular weight is 342 g/mol. The molecule has 0 saturated carbocycles. The molecule has 0 aliphatic heterocycles. The summed E-state index contributed by atoms with van der Waals surface area (Å²) in [5.41, 5.74) is 3.52. The van der Waals surface area contributed by atoms with Gasteiger partial charge < -0.3 is 10.3 Å². The zero-order chi connectivity index (χ0) is 17.1. The summed E-state index contributed by atoms with van der Waals surface area (Å²) < 4.78 is 0. The normalized spacial score (nSPS) is 11.0. The summed E-state index contributed by atoms with van der Waals surface area (Å²) in [7, 11) is 0. The van der Waals surface area contributed by atoms with E-state index in [4.69, 9.17) is 0 Å². The van der Waals surface area contributed by atoms with Gasteiger partial charge in [0.05, 0.1) is 11.0 Å². The Balaban J connectivity index is 1.84. The number of nitrogens with one attached hydrogen (secondary N) is 3. The fraction of sp³-hybridized carbons (Fsp3) is 0.250. The molecule has 2 amide bonds. The highest BCUT2D eigenvalue weighted by Crippen LogP contribution is 2.24. The molecule has 0 spiro atoms. The van der Waals surface area contributed by atoms with E-state index in [1.807, 2.05) is 38.3 Å². The summed E-state index contributed by atoms with van der Waals surface area (Å²) in [6, 6.07) is 5.59. The van der Waals surface area contributed by atoms with Crippen LogP contribution in [0.1, 0.15) is 13.8 Å². The number of H-pyrrole nitrogens is 1. The van der Waals surface area contributed by atoms with E-state index in [-0.39, 0.29) is 12.1 Å². The van der Waals surface area contributed by atoms with E-state index >= 15 is 0 Å². The predicted molar refractivity (Wildman–Crippen MR) is 96.2 cm³/mol. The smallest absolute Gasteiger partial charge is 0.321 e. The standard InChI is InChI=1S/C16H18N6OS/c1-9(2)19-15(23)22-14-20-12-5-4-10(6-13(12)21-14)11-7-17-16(24-3)18-8-11/h4-9H,1-3H3,(H3,19,20,21,22,23). The third-order valence-corrected chi connectivity index (χ3v) is 3.85. The van der Waals surface area contributed by atoms with Crippen molar-refractivity contribution in [2.45, 2.75) is 25.0 Å². The molecule has 8 heteroatoms. The molecule has 24 heavy (non-hydrogen) atoms. The fourth-order valence-electron chi connectivity index (χ4n) is 2.22. The first-order valence-corrected chi connectivity index (χ1v) is 8.71. The molecule has 3 N–H and O–H groups in total. The topological polar surface area (TPSA) is 95.6 Å². The highest BCUT2D eigenvalue weighted by molar-refractivity contribution is 7.98. The minimum absolute atomic E-state index is 0.0604. The SMILES string of the molecule is CSc1ncc(-c2ccc3nc(NC(=O)NC(C)C)[nH]c3c2)cn1. The lowest BCUT2D eigenvalue weighted by Gasteiger charge is -2.07. The number of nitrogens with zero attached hydrogens (tertiary/aromatic N) is 3. The Morgan fingerprint density at radius 2 is 1.96 bits per heavy atom. The zero-order valence-corrected chi connectivity index (χ0v) is 14.4. The molecule has 1 aromatic carbocycles. The van der Waals surface area contributed by atoms with Crippen molar-refractivity contribution < 1.29 is 4.79 Å². The lowest BCUT2D eigenvalue weighted by molar-refractivity contribution is 0.250. The van der Waals surface area contributed by atoms with Gasteiger partial charge in [-0.05, 0) is 37.8 Å². The van der Waals surface area contributed by atoms with Gasteiger partial charge in [0.25, 0.3) is 0 Å². The Morgan fingerprint density at radius 1 is 1.21 bits per heavy atom. The summed E-state index contributed by atoms with van der Waals surface area (Å²) in [5, 5.41) is 6.19. The number of carbonyl (C=O) groups is 1. The molecule has 0 aliphatic carbocycles. The summed E-state index contributed by atoms with van der Waals surface area (Å²) in [6.07, 6.45) is 5.53. The lowest BCUT2D eigenvalue weighted by Crippen LogP contribution is -2.34. The Kier molecular flexibility index (Phi) is 4.66. The second kappa shape index (κ2) is 6.88. The van der Waals surface area contributed by atoms with Crippen molar-refractivity contribution in [3.05, 3.63) is 30.6 Å². The number of thioether (sulfide) groups is 1. The van der Waals surface area contributed by atoms with Crippen LogP contribution in [0.3, 0.4) is 0 Å². The van der Waals surface area contributed by atoms with E-state index in [0.717, 1.165) is 27.3 Å². The number of rotatable bonds is 4. The van der Waals surface area contributed by atoms with Crippen LogP contribution in [-0.2, 0) is 0 Å². The number of fused-ring (bicyclic) bond motifs is 1. The van der Waals surface area contributed by atoms with Crippen molar-refractivity contribution >= 4 is 34.8 Å². The maximum absolute atomic E-state index is 11.7. The molecule has 2 heterocycles. The van der Waals surface area contributed by atoms with Crippen LogP contribution in [0.4, 0.5) is 10.7 Å². The van der Waals surface area contributed by atoms with Crippen LogP contribution in [-0.4, -0.2) is 38.3 Å². The maximum Gasteiger partial charge on any atom is 0.321 e. The summed E-state index contributed by atoms with van der Waals surface area (Å²) >= 11 is 1.50. The number of imidazole rings is 1.